The molecule has 1 saturated heterocycles. The van der Waals surface area contributed by atoms with Crippen molar-refractivity contribution in [3.8, 4) is 0 Å². The van der Waals surface area contributed by atoms with E-state index in [9.17, 15) is 5.11 Å². The SMILES string of the molecule is CCN1CCOC(CNC(CO)CC(C)C)C1. The van der Waals surface area contributed by atoms with E-state index in [1.54, 1.807) is 0 Å². The summed E-state index contributed by atoms with van der Waals surface area (Å²) in [4.78, 5) is 2.41. The molecule has 1 aliphatic heterocycles. The number of ether oxygens (including phenoxy) is 1. The fraction of sp³-hybridized carbons (Fsp3) is 1.00. The highest BCUT2D eigenvalue weighted by atomic mass is 16.5. The van der Waals surface area contributed by atoms with Crippen LogP contribution in [0.15, 0.2) is 0 Å². The van der Waals surface area contributed by atoms with Gasteiger partial charge in [0.2, 0.25) is 0 Å². The number of aliphatic hydroxyl groups excluding tert-OH is 1. The van der Waals surface area contributed by atoms with Crippen molar-refractivity contribution in [2.24, 2.45) is 5.92 Å². The highest BCUT2D eigenvalue weighted by Gasteiger charge is 2.20. The summed E-state index contributed by atoms with van der Waals surface area (Å²) in [5.74, 6) is 0.610. The summed E-state index contributed by atoms with van der Waals surface area (Å²) in [5.41, 5.74) is 0. The third-order valence-electron chi connectivity index (χ3n) is 3.28. The van der Waals surface area contributed by atoms with E-state index in [-0.39, 0.29) is 18.8 Å². The maximum atomic E-state index is 9.29. The van der Waals surface area contributed by atoms with Crippen LogP contribution in [-0.4, -0.2) is 61.5 Å². The van der Waals surface area contributed by atoms with Crippen LogP contribution in [0.2, 0.25) is 0 Å². The molecule has 0 aliphatic carbocycles. The van der Waals surface area contributed by atoms with E-state index >= 15 is 0 Å². The Morgan fingerprint density at radius 2 is 2.24 bits per heavy atom. The quantitative estimate of drug-likeness (QED) is 0.692. The molecule has 102 valence electrons. The molecule has 0 saturated carbocycles. The van der Waals surface area contributed by atoms with Crippen LogP contribution in [0.4, 0.5) is 0 Å². The molecule has 17 heavy (non-hydrogen) atoms. The van der Waals surface area contributed by atoms with Crippen LogP contribution >= 0.6 is 0 Å². The molecule has 4 nitrogen and oxygen atoms in total. The van der Waals surface area contributed by atoms with Gasteiger partial charge in [0.05, 0.1) is 19.3 Å². The Balaban J connectivity index is 2.23. The molecule has 0 aromatic heterocycles. The fourth-order valence-corrected chi connectivity index (χ4v) is 2.28. The molecule has 4 heteroatoms. The van der Waals surface area contributed by atoms with Crippen molar-refractivity contribution in [3.63, 3.8) is 0 Å². The number of nitrogens with one attached hydrogen (secondary N) is 1. The van der Waals surface area contributed by atoms with Crippen molar-refractivity contribution in [1.29, 1.82) is 0 Å². The molecule has 0 bridgehead atoms. The Kier molecular flexibility index (Phi) is 7.04. The van der Waals surface area contributed by atoms with Gasteiger partial charge >= 0.3 is 0 Å². The summed E-state index contributed by atoms with van der Waals surface area (Å²) in [7, 11) is 0. The molecule has 0 aromatic carbocycles. The minimum atomic E-state index is 0.204. The monoisotopic (exact) mass is 244 g/mol. The van der Waals surface area contributed by atoms with Gasteiger partial charge in [-0.3, -0.25) is 4.90 Å². The largest absolute Gasteiger partial charge is 0.395 e. The van der Waals surface area contributed by atoms with Crippen LogP contribution < -0.4 is 5.32 Å². The number of rotatable bonds is 7. The van der Waals surface area contributed by atoms with Gasteiger partial charge in [-0.2, -0.15) is 0 Å². The highest BCUT2D eigenvalue weighted by Crippen LogP contribution is 2.07. The molecular formula is C13H28N2O2. The van der Waals surface area contributed by atoms with Gasteiger partial charge in [0.25, 0.3) is 0 Å². The van der Waals surface area contributed by atoms with Gasteiger partial charge in [0, 0.05) is 25.7 Å². The summed E-state index contributed by atoms with van der Waals surface area (Å²) in [6.07, 6.45) is 1.28. The molecule has 0 radical (unpaired) electrons. The van der Waals surface area contributed by atoms with Crippen molar-refractivity contribution in [2.45, 2.75) is 39.3 Å². The van der Waals surface area contributed by atoms with Crippen molar-refractivity contribution in [2.75, 3.05) is 39.4 Å². The summed E-state index contributed by atoms with van der Waals surface area (Å²) >= 11 is 0. The molecule has 0 spiro atoms. The molecule has 0 aromatic rings. The lowest BCUT2D eigenvalue weighted by Crippen LogP contribution is -2.48. The van der Waals surface area contributed by atoms with Gasteiger partial charge in [0.15, 0.2) is 0 Å². The summed E-state index contributed by atoms with van der Waals surface area (Å²) in [6.45, 7) is 11.6. The Labute approximate surface area is 105 Å². The Morgan fingerprint density at radius 3 is 2.82 bits per heavy atom. The molecule has 1 heterocycles. The lowest BCUT2D eigenvalue weighted by atomic mass is 10.0. The van der Waals surface area contributed by atoms with Gasteiger partial charge in [-0.05, 0) is 18.9 Å². The second kappa shape index (κ2) is 8.03. The molecule has 2 unspecified atom stereocenters. The van der Waals surface area contributed by atoms with Crippen LogP contribution in [0, 0.1) is 5.92 Å². The minimum absolute atomic E-state index is 0.204. The predicted octanol–water partition coefficient (Wildman–Crippen LogP) is 0.704. The number of nitrogens with zero attached hydrogens (tertiary/aromatic N) is 1. The Bertz CT molecular complexity index is 200. The molecule has 2 N–H and O–H groups in total. The highest BCUT2D eigenvalue weighted by molar-refractivity contribution is 4.76. The first-order valence-corrected chi connectivity index (χ1v) is 6.83. The van der Waals surface area contributed by atoms with Gasteiger partial charge in [-0.25, -0.2) is 0 Å². The zero-order valence-corrected chi connectivity index (χ0v) is 11.5. The van der Waals surface area contributed by atoms with Crippen molar-refractivity contribution in [1.82, 2.24) is 10.2 Å². The third kappa shape index (κ3) is 5.82. The number of morpholine rings is 1. The molecule has 2 atom stereocenters. The van der Waals surface area contributed by atoms with Crippen LogP contribution in [0.25, 0.3) is 0 Å². The minimum Gasteiger partial charge on any atom is -0.395 e. The molecule has 1 rings (SSSR count). The Hall–Kier alpha value is -0.160. The van der Waals surface area contributed by atoms with Crippen LogP contribution in [-0.2, 0) is 4.74 Å². The summed E-state index contributed by atoms with van der Waals surface area (Å²) < 4.78 is 5.72. The van der Waals surface area contributed by atoms with Gasteiger partial charge in [0.1, 0.15) is 0 Å². The van der Waals surface area contributed by atoms with Gasteiger partial charge in [-0.1, -0.05) is 20.8 Å². The standard InChI is InChI=1S/C13H28N2O2/c1-4-15-5-6-17-13(9-15)8-14-12(10-16)7-11(2)3/h11-14,16H,4-10H2,1-3H3. The average molecular weight is 244 g/mol. The van der Waals surface area contributed by atoms with E-state index in [1.807, 2.05) is 0 Å². The smallest absolute Gasteiger partial charge is 0.0826 e. The van der Waals surface area contributed by atoms with E-state index in [0.29, 0.717) is 5.92 Å². The zero-order valence-electron chi connectivity index (χ0n) is 11.5. The molecule has 0 amide bonds. The van der Waals surface area contributed by atoms with Crippen molar-refractivity contribution < 1.29 is 9.84 Å². The predicted molar refractivity (Wildman–Crippen MR) is 70.2 cm³/mol. The topological polar surface area (TPSA) is 44.7 Å². The third-order valence-corrected chi connectivity index (χ3v) is 3.28. The van der Waals surface area contributed by atoms with Crippen LogP contribution in [0.5, 0.6) is 0 Å². The van der Waals surface area contributed by atoms with E-state index in [0.717, 1.165) is 39.2 Å². The summed E-state index contributed by atoms with van der Waals surface area (Å²) in [6, 6.07) is 0.204. The van der Waals surface area contributed by atoms with Crippen LogP contribution in [0.1, 0.15) is 27.2 Å². The average Bonchev–Trinajstić information content (AvgIpc) is 2.34. The maximum Gasteiger partial charge on any atom is 0.0826 e. The number of aliphatic hydroxyl groups is 1. The first-order chi connectivity index (χ1) is 8.15. The lowest BCUT2D eigenvalue weighted by molar-refractivity contribution is -0.0273. The normalized spacial score (nSPS) is 24.2. The first-order valence-electron chi connectivity index (χ1n) is 6.83. The van der Waals surface area contributed by atoms with Gasteiger partial charge in [-0.15, -0.1) is 0 Å². The number of hydrogen-bond acceptors (Lipinski definition) is 4. The molecule has 1 aliphatic rings. The number of hydrogen-bond donors (Lipinski definition) is 2. The first kappa shape index (κ1) is 14.9. The molecular weight excluding hydrogens is 216 g/mol. The van der Waals surface area contributed by atoms with Crippen LogP contribution in [0.3, 0.4) is 0 Å². The second-order valence-corrected chi connectivity index (χ2v) is 5.30. The zero-order chi connectivity index (χ0) is 12.7. The molecule has 1 fully saturated rings. The van der Waals surface area contributed by atoms with E-state index in [2.05, 4.69) is 31.0 Å². The van der Waals surface area contributed by atoms with Crippen molar-refractivity contribution >= 4 is 0 Å². The fourth-order valence-electron chi connectivity index (χ4n) is 2.28. The van der Waals surface area contributed by atoms with E-state index in [4.69, 9.17) is 4.74 Å². The van der Waals surface area contributed by atoms with Crippen molar-refractivity contribution in [3.05, 3.63) is 0 Å². The second-order valence-electron chi connectivity index (χ2n) is 5.30. The van der Waals surface area contributed by atoms with E-state index in [1.165, 1.54) is 0 Å². The van der Waals surface area contributed by atoms with Gasteiger partial charge < -0.3 is 15.2 Å². The Morgan fingerprint density at radius 1 is 1.47 bits per heavy atom. The van der Waals surface area contributed by atoms with E-state index < -0.39 is 0 Å². The number of likely N-dealkylation sites (N-methyl/N-ethyl adjacent to an activating group) is 1. The lowest BCUT2D eigenvalue weighted by Gasteiger charge is -2.33. The maximum absolute atomic E-state index is 9.29. The summed E-state index contributed by atoms with van der Waals surface area (Å²) in [5, 5.41) is 12.7.